The number of carbonyl (C=O) groups is 3. The van der Waals surface area contributed by atoms with Gasteiger partial charge in [0, 0.05) is 19.3 Å². The van der Waals surface area contributed by atoms with Crippen LogP contribution < -0.4 is 4.89 Å². The van der Waals surface area contributed by atoms with Gasteiger partial charge < -0.3 is 27.9 Å². The van der Waals surface area contributed by atoms with Crippen molar-refractivity contribution in [3.8, 4) is 0 Å². The molecule has 0 amide bonds. The molecule has 0 aliphatic heterocycles. The van der Waals surface area contributed by atoms with Crippen LogP contribution in [0.3, 0.4) is 0 Å². The Bertz CT molecular complexity index is 1040. The van der Waals surface area contributed by atoms with Gasteiger partial charge in [0.1, 0.15) is 19.8 Å². The summed E-state index contributed by atoms with van der Waals surface area (Å²) in [5, 5.41) is 0. The van der Waals surface area contributed by atoms with Crippen molar-refractivity contribution in [2.24, 2.45) is 0 Å². The van der Waals surface area contributed by atoms with Crippen LogP contribution in [0, 0.1) is 0 Å². The lowest BCUT2D eigenvalue weighted by atomic mass is 10.0. The monoisotopic (exact) mass is 786 g/mol. The number of nitrogens with zero attached hydrogens (tertiary/aromatic N) is 1. The molecule has 0 spiro atoms. The number of likely N-dealkylation sites (N-methyl/N-ethyl adjacent to an activating group) is 1. The molecule has 0 aromatic carbocycles. The molecule has 0 heterocycles. The number of ketones is 1. The number of carbonyl (C=O) groups excluding carboxylic acids is 3. The highest BCUT2D eigenvalue weighted by Crippen LogP contribution is 2.38. The van der Waals surface area contributed by atoms with E-state index in [-0.39, 0.29) is 31.8 Å². The molecule has 0 rings (SSSR count). The van der Waals surface area contributed by atoms with E-state index in [1.54, 1.807) is 6.08 Å². The van der Waals surface area contributed by atoms with Gasteiger partial charge in [-0.25, -0.2) is 0 Å². The Kier molecular flexibility index (Phi) is 34.4. The van der Waals surface area contributed by atoms with E-state index in [9.17, 15) is 23.8 Å². The van der Waals surface area contributed by atoms with Gasteiger partial charge in [-0.1, -0.05) is 148 Å². The Morgan fingerprint density at radius 2 is 1.09 bits per heavy atom. The van der Waals surface area contributed by atoms with E-state index in [2.05, 4.69) is 19.9 Å². The molecular weight excluding hydrogens is 705 g/mol. The second-order valence-corrected chi connectivity index (χ2v) is 17.2. The molecule has 10 nitrogen and oxygen atoms in total. The summed E-state index contributed by atoms with van der Waals surface area (Å²) in [6.45, 7) is 4.04. The van der Waals surface area contributed by atoms with E-state index in [4.69, 9.17) is 18.5 Å². The van der Waals surface area contributed by atoms with Crippen LogP contribution in [0.5, 0.6) is 0 Å². The van der Waals surface area contributed by atoms with Gasteiger partial charge in [0.15, 0.2) is 11.9 Å². The second-order valence-electron chi connectivity index (χ2n) is 15.7. The summed E-state index contributed by atoms with van der Waals surface area (Å²) in [4.78, 5) is 49.5. The summed E-state index contributed by atoms with van der Waals surface area (Å²) in [6.07, 6.45) is 33.0. The predicted molar refractivity (Wildman–Crippen MR) is 218 cm³/mol. The van der Waals surface area contributed by atoms with Crippen molar-refractivity contribution in [1.82, 2.24) is 0 Å². The molecule has 0 fully saturated rings. The number of hydrogen-bond acceptors (Lipinski definition) is 9. The lowest BCUT2D eigenvalue weighted by molar-refractivity contribution is -0.870. The number of hydrogen-bond donors (Lipinski definition) is 0. The van der Waals surface area contributed by atoms with Crippen LogP contribution in [0.1, 0.15) is 181 Å². The topological polar surface area (TPSA) is 128 Å². The molecule has 0 aromatic heterocycles. The summed E-state index contributed by atoms with van der Waals surface area (Å²) < 4.78 is 33.8. The second kappa shape index (κ2) is 35.6. The van der Waals surface area contributed by atoms with Crippen LogP contribution in [-0.2, 0) is 37.5 Å². The van der Waals surface area contributed by atoms with Crippen molar-refractivity contribution in [3.63, 3.8) is 0 Å². The molecule has 0 saturated carbocycles. The molecule has 0 saturated heterocycles. The number of phosphoric ester groups is 1. The van der Waals surface area contributed by atoms with Crippen molar-refractivity contribution in [1.29, 1.82) is 0 Å². The minimum atomic E-state index is -4.65. The summed E-state index contributed by atoms with van der Waals surface area (Å²) in [7, 11) is 1.09. The van der Waals surface area contributed by atoms with Crippen LogP contribution >= 0.6 is 7.82 Å². The number of quaternary nitrogens is 1. The lowest BCUT2D eigenvalue weighted by Gasteiger charge is -2.28. The van der Waals surface area contributed by atoms with E-state index in [1.165, 1.54) is 89.9 Å². The number of ether oxygens (including phenoxy) is 2. The zero-order chi connectivity index (χ0) is 40.2. The maximum absolute atomic E-state index is 12.6. The number of unbranched alkanes of at least 4 members (excludes halogenated alkanes) is 20. The Morgan fingerprint density at radius 1 is 0.611 bits per heavy atom. The first-order valence-electron chi connectivity index (χ1n) is 21.5. The summed E-state index contributed by atoms with van der Waals surface area (Å²) >= 11 is 0. The number of esters is 2. The largest absolute Gasteiger partial charge is 0.756 e. The molecule has 2 atom stereocenters. The van der Waals surface area contributed by atoms with Crippen molar-refractivity contribution >= 4 is 25.5 Å². The Morgan fingerprint density at radius 3 is 1.63 bits per heavy atom. The third-order valence-electron chi connectivity index (χ3n) is 9.20. The van der Waals surface area contributed by atoms with Gasteiger partial charge in [0.05, 0.1) is 27.7 Å². The molecule has 0 aliphatic rings. The molecule has 0 N–H and O–H groups in total. The minimum absolute atomic E-state index is 0.0513. The molecule has 0 bridgehead atoms. The molecule has 0 radical (unpaired) electrons. The first kappa shape index (κ1) is 52.2. The maximum Gasteiger partial charge on any atom is 0.306 e. The van der Waals surface area contributed by atoms with Crippen molar-refractivity contribution < 1.29 is 46.8 Å². The highest BCUT2D eigenvalue weighted by molar-refractivity contribution is 7.45. The number of phosphoric acid groups is 1. The highest BCUT2D eigenvalue weighted by Gasteiger charge is 2.21. The minimum Gasteiger partial charge on any atom is -0.756 e. The quantitative estimate of drug-likeness (QED) is 0.0149. The fourth-order valence-corrected chi connectivity index (χ4v) is 6.48. The fraction of sp³-hybridized carbons (Fsp3) is 0.837. The van der Waals surface area contributed by atoms with Gasteiger partial charge in [-0.3, -0.25) is 18.9 Å². The van der Waals surface area contributed by atoms with Crippen molar-refractivity contribution in [2.45, 2.75) is 187 Å². The van der Waals surface area contributed by atoms with Gasteiger partial charge in [0.2, 0.25) is 0 Å². The van der Waals surface area contributed by atoms with Gasteiger partial charge in [0.25, 0.3) is 7.82 Å². The zero-order valence-electron chi connectivity index (χ0n) is 35.2. The van der Waals surface area contributed by atoms with Crippen LogP contribution in [0.4, 0.5) is 0 Å². The average molecular weight is 786 g/mol. The number of rotatable bonds is 39. The van der Waals surface area contributed by atoms with E-state index < -0.39 is 32.5 Å². The third kappa shape index (κ3) is 38.4. The zero-order valence-corrected chi connectivity index (χ0v) is 36.1. The van der Waals surface area contributed by atoms with Gasteiger partial charge in [-0.15, -0.1) is 0 Å². The lowest BCUT2D eigenvalue weighted by Crippen LogP contribution is -2.37. The molecular formula is C43H80NO9P. The Labute approximate surface area is 330 Å². The molecule has 54 heavy (non-hydrogen) atoms. The molecule has 316 valence electrons. The SMILES string of the molecule is CCCCC/C=C\C=C\C(=O)CCCCCCCC(=O)O[C@H](COC(=O)CCCCCCCCCCCCCCCC)COP(=O)([O-])OCC[N+](C)(C)C. The Balaban J connectivity index is 4.45. The van der Waals surface area contributed by atoms with Gasteiger partial charge in [-0.2, -0.15) is 0 Å². The maximum atomic E-state index is 12.6. The van der Waals surface area contributed by atoms with E-state index in [0.29, 0.717) is 23.9 Å². The van der Waals surface area contributed by atoms with E-state index >= 15 is 0 Å². The summed E-state index contributed by atoms with van der Waals surface area (Å²) in [5.74, 6) is -0.805. The first-order valence-corrected chi connectivity index (χ1v) is 23.0. The van der Waals surface area contributed by atoms with Crippen LogP contribution in [0.15, 0.2) is 24.3 Å². The molecule has 0 aromatic rings. The van der Waals surface area contributed by atoms with Crippen LogP contribution in [-0.4, -0.2) is 75.8 Å². The summed E-state index contributed by atoms with van der Waals surface area (Å²) in [6, 6.07) is 0. The normalized spacial score (nSPS) is 13.7. The number of allylic oxidation sites excluding steroid dienone is 4. The van der Waals surface area contributed by atoms with Crippen LogP contribution in [0.2, 0.25) is 0 Å². The molecule has 0 aliphatic carbocycles. The Hall–Kier alpha value is -1.84. The van der Waals surface area contributed by atoms with Gasteiger partial charge >= 0.3 is 11.9 Å². The average Bonchev–Trinajstić information content (AvgIpc) is 3.11. The molecule has 11 heteroatoms. The van der Waals surface area contributed by atoms with Crippen molar-refractivity contribution in [3.05, 3.63) is 24.3 Å². The van der Waals surface area contributed by atoms with E-state index in [0.717, 1.165) is 51.4 Å². The van der Waals surface area contributed by atoms with E-state index in [1.807, 2.05) is 33.3 Å². The summed E-state index contributed by atoms with van der Waals surface area (Å²) in [5.41, 5.74) is 0. The fourth-order valence-electron chi connectivity index (χ4n) is 5.75. The van der Waals surface area contributed by atoms with Gasteiger partial charge in [-0.05, 0) is 38.2 Å². The molecule has 1 unspecified atom stereocenters. The highest BCUT2D eigenvalue weighted by atomic mass is 31.2. The predicted octanol–water partition coefficient (Wildman–Crippen LogP) is 10.5. The first-order chi connectivity index (χ1) is 25.9. The standard InChI is InChI=1S/C43H80NO9P/c1-6-8-10-12-14-15-16-17-18-19-20-22-26-30-34-42(46)50-38-41(39-52-54(48,49)51-37-36-44(3,4)5)53-43(47)35-31-27-23-25-29-33-40(45)32-28-24-21-13-11-9-7-2/h21,24,28,32,41H,6-20,22-23,25-27,29-31,33-39H2,1-5H3/b24-21-,32-28+/t41-/m1/s1. The van der Waals surface area contributed by atoms with Crippen molar-refractivity contribution in [2.75, 3.05) is 47.5 Å². The third-order valence-corrected chi connectivity index (χ3v) is 10.2. The smallest absolute Gasteiger partial charge is 0.306 e. The van der Waals surface area contributed by atoms with Crippen LogP contribution in [0.25, 0.3) is 0 Å².